The summed E-state index contributed by atoms with van der Waals surface area (Å²) in [5.74, 6) is 0.231. The van der Waals surface area contributed by atoms with Gasteiger partial charge in [0.15, 0.2) is 0 Å². The van der Waals surface area contributed by atoms with Crippen LogP contribution in [-0.2, 0) is 13.2 Å². The Morgan fingerprint density at radius 3 is 2.61 bits per heavy atom. The number of para-hydroxylation sites is 1. The number of phenolic OH excluding ortho intramolecular Hbond substituents is 1. The number of hydrogen-bond donors (Lipinski definition) is 3. The minimum atomic E-state index is 0.0163. The van der Waals surface area contributed by atoms with Crippen molar-refractivity contribution in [3.63, 3.8) is 0 Å². The van der Waals surface area contributed by atoms with Gasteiger partial charge in [-0.3, -0.25) is 0 Å². The van der Waals surface area contributed by atoms with Crippen molar-refractivity contribution in [3.8, 4) is 5.75 Å². The fourth-order valence-corrected chi connectivity index (χ4v) is 2.11. The van der Waals surface area contributed by atoms with Crippen molar-refractivity contribution >= 4 is 21.6 Å². The third-order valence-electron chi connectivity index (χ3n) is 2.68. The first-order valence-electron chi connectivity index (χ1n) is 5.60. The molecule has 0 spiro atoms. The molecule has 94 valence electrons. The van der Waals surface area contributed by atoms with Gasteiger partial charge in [0.25, 0.3) is 0 Å². The predicted octanol–water partition coefficient (Wildman–Crippen LogP) is 3.26. The molecule has 0 heterocycles. The third-order valence-corrected chi connectivity index (χ3v) is 3.32. The second-order valence-corrected chi connectivity index (χ2v) is 4.81. The highest BCUT2D eigenvalue weighted by Gasteiger charge is 2.02. The molecular weight excluding hydrogens is 294 g/mol. The van der Waals surface area contributed by atoms with E-state index in [4.69, 9.17) is 0 Å². The monoisotopic (exact) mass is 307 g/mol. The number of phenols is 1. The van der Waals surface area contributed by atoms with Gasteiger partial charge in [-0.05, 0) is 39.7 Å². The number of anilines is 1. The molecule has 18 heavy (non-hydrogen) atoms. The smallest absolute Gasteiger partial charge is 0.129 e. The van der Waals surface area contributed by atoms with Gasteiger partial charge in [0.1, 0.15) is 5.75 Å². The second-order valence-electron chi connectivity index (χ2n) is 3.95. The first-order valence-corrected chi connectivity index (χ1v) is 6.40. The van der Waals surface area contributed by atoms with E-state index in [-0.39, 0.29) is 12.4 Å². The summed E-state index contributed by atoms with van der Waals surface area (Å²) in [5, 5.41) is 21.9. The summed E-state index contributed by atoms with van der Waals surface area (Å²) >= 11 is 3.28. The van der Waals surface area contributed by atoms with E-state index in [9.17, 15) is 10.2 Å². The van der Waals surface area contributed by atoms with Crippen LogP contribution in [0.15, 0.2) is 46.9 Å². The van der Waals surface area contributed by atoms with Gasteiger partial charge in [-0.2, -0.15) is 0 Å². The number of nitrogens with one attached hydrogen (secondary N) is 1. The molecule has 0 amide bonds. The summed E-state index contributed by atoms with van der Waals surface area (Å²) in [5.41, 5.74) is 2.84. The van der Waals surface area contributed by atoms with Crippen LogP contribution >= 0.6 is 15.9 Å². The Kier molecular flexibility index (Phi) is 4.23. The van der Waals surface area contributed by atoms with Crippen molar-refractivity contribution in [1.82, 2.24) is 0 Å². The lowest BCUT2D eigenvalue weighted by Crippen LogP contribution is -2.02. The molecule has 0 bridgehead atoms. The van der Waals surface area contributed by atoms with Crippen molar-refractivity contribution in [2.45, 2.75) is 13.2 Å². The average Bonchev–Trinajstić information content (AvgIpc) is 2.40. The Hall–Kier alpha value is -1.52. The summed E-state index contributed by atoms with van der Waals surface area (Å²) in [6, 6.07) is 13.0. The first-order chi connectivity index (χ1) is 8.70. The molecule has 4 heteroatoms. The van der Waals surface area contributed by atoms with E-state index in [1.54, 1.807) is 6.07 Å². The van der Waals surface area contributed by atoms with E-state index in [1.165, 1.54) is 0 Å². The van der Waals surface area contributed by atoms with Gasteiger partial charge in [0, 0.05) is 17.8 Å². The van der Waals surface area contributed by atoms with Crippen molar-refractivity contribution < 1.29 is 10.2 Å². The maximum absolute atomic E-state index is 9.41. The Morgan fingerprint density at radius 1 is 1.11 bits per heavy atom. The largest absolute Gasteiger partial charge is 0.507 e. The zero-order valence-corrected chi connectivity index (χ0v) is 11.3. The van der Waals surface area contributed by atoms with E-state index in [1.807, 2.05) is 36.4 Å². The van der Waals surface area contributed by atoms with Crippen LogP contribution in [-0.4, -0.2) is 10.2 Å². The molecule has 3 N–H and O–H groups in total. The van der Waals surface area contributed by atoms with Crippen LogP contribution < -0.4 is 5.32 Å². The maximum Gasteiger partial charge on any atom is 0.129 e. The van der Waals surface area contributed by atoms with Gasteiger partial charge in [0.05, 0.1) is 11.1 Å². The Bertz CT molecular complexity index is 543. The van der Waals surface area contributed by atoms with E-state index in [2.05, 4.69) is 21.2 Å². The number of benzene rings is 2. The number of aromatic hydroxyl groups is 1. The van der Waals surface area contributed by atoms with E-state index >= 15 is 0 Å². The number of aliphatic hydroxyl groups is 1. The van der Waals surface area contributed by atoms with Crippen LogP contribution in [0.5, 0.6) is 5.75 Å². The van der Waals surface area contributed by atoms with Crippen LogP contribution in [0.2, 0.25) is 0 Å². The van der Waals surface area contributed by atoms with Crippen LogP contribution in [0, 0.1) is 0 Å². The lowest BCUT2D eigenvalue weighted by Gasteiger charge is -2.11. The molecular formula is C14H14BrNO2. The van der Waals surface area contributed by atoms with E-state index in [0.717, 1.165) is 16.8 Å². The van der Waals surface area contributed by atoms with E-state index < -0.39 is 0 Å². The van der Waals surface area contributed by atoms with Gasteiger partial charge < -0.3 is 15.5 Å². The van der Waals surface area contributed by atoms with Gasteiger partial charge in [-0.25, -0.2) is 0 Å². The zero-order valence-electron chi connectivity index (χ0n) is 9.73. The van der Waals surface area contributed by atoms with Crippen LogP contribution in [0.25, 0.3) is 0 Å². The summed E-state index contributed by atoms with van der Waals surface area (Å²) in [7, 11) is 0. The Labute approximate surface area is 114 Å². The molecule has 0 fully saturated rings. The van der Waals surface area contributed by atoms with Crippen molar-refractivity contribution in [2.24, 2.45) is 0 Å². The lowest BCUT2D eigenvalue weighted by atomic mass is 10.1. The molecule has 0 saturated carbocycles. The van der Waals surface area contributed by atoms with Crippen molar-refractivity contribution in [1.29, 1.82) is 0 Å². The Morgan fingerprint density at radius 2 is 1.89 bits per heavy atom. The van der Waals surface area contributed by atoms with Crippen molar-refractivity contribution in [3.05, 3.63) is 58.1 Å². The van der Waals surface area contributed by atoms with Gasteiger partial charge >= 0.3 is 0 Å². The zero-order chi connectivity index (χ0) is 13.0. The minimum absolute atomic E-state index is 0.0163. The lowest BCUT2D eigenvalue weighted by molar-refractivity contribution is 0.282. The highest BCUT2D eigenvalue weighted by atomic mass is 79.9. The molecule has 2 aromatic rings. The minimum Gasteiger partial charge on any atom is -0.507 e. The maximum atomic E-state index is 9.41. The molecule has 3 nitrogen and oxygen atoms in total. The average molecular weight is 308 g/mol. The molecule has 2 rings (SSSR count). The first kappa shape index (κ1) is 12.9. The molecule has 0 aliphatic carbocycles. The predicted molar refractivity (Wildman–Crippen MR) is 75.5 cm³/mol. The normalized spacial score (nSPS) is 10.3. The van der Waals surface area contributed by atoms with Crippen molar-refractivity contribution in [2.75, 3.05) is 5.32 Å². The highest BCUT2D eigenvalue weighted by Crippen LogP contribution is 2.25. The van der Waals surface area contributed by atoms with Gasteiger partial charge in [-0.1, -0.05) is 24.3 Å². The van der Waals surface area contributed by atoms with E-state index in [0.29, 0.717) is 11.0 Å². The Balaban J connectivity index is 2.09. The summed E-state index contributed by atoms with van der Waals surface area (Å²) in [6.07, 6.45) is 0. The van der Waals surface area contributed by atoms with Gasteiger partial charge in [0.2, 0.25) is 0 Å². The SMILES string of the molecule is OCc1ccccc1NCc1ccc(O)c(Br)c1. The molecule has 0 unspecified atom stereocenters. The topological polar surface area (TPSA) is 52.5 Å². The number of halogens is 1. The highest BCUT2D eigenvalue weighted by molar-refractivity contribution is 9.10. The summed E-state index contributed by atoms with van der Waals surface area (Å²) in [4.78, 5) is 0. The van der Waals surface area contributed by atoms with Crippen LogP contribution in [0.1, 0.15) is 11.1 Å². The summed E-state index contributed by atoms with van der Waals surface area (Å²) in [6.45, 7) is 0.651. The molecule has 0 aliphatic rings. The molecule has 0 saturated heterocycles. The number of rotatable bonds is 4. The summed E-state index contributed by atoms with van der Waals surface area (Å²) < 4.78 is 0.678. The third kappa shape index (κ3) is 3.03. The number of aliphatic hydroxyl groups excluding tert-OH is 1. The second kappa shape index (κ2) is 5.89. The van der Waals surface area contributed by atoms with Gasteiger partial charge in [-0.15, -0.1) is 0 Å². The standard InChI is InChI=1S/C14H14BrNO2/c15-12-7-10(5-6-14(12)18)8-16-13-4-2-1-3-11(13)9-17/h1-7,16-18H,8-9H2. The molecule has 0 radical (unpaired) electrons. The van der Waals surface area contributed by atoms with Crippen LogP contribution in [0.3, 0.4) is 0 Å². The molecule has 0 atom stereocenters. The number of hydrogen-bond acceptors (Lipinski definition) is 3. The quantitative estimate of drug-likeness (QED) is 0.812. The fraction of sp³-hybridized carbons (Fsp3) is 0.143. The molecule has 2 aromatic carbocycles. The molecule has 0 aliphatic heterocycles. The molecule has 0 aromatic heterocycles. The fourth-order valence-electron chi connectivity index (χ4n) is 1.69. The van der Waals surface area contributed by atoms with Crippen LogP contribution in [0.4, 0.5) is 5.69 Å².